The molecule has 156 valence electrons. The maximum absolute atomic E-state index is 14.7. The summed E-state index contributed by atoms with van der Waals surface area (Å²) in [5.41, 5.74) is 1.12. The Labute approximate surface area is 173 Å². The molecule has 0 aliphatic carbocycles. The van der Waals surface area contributed by atoms with E-state index in [1.165, 1.54) is 20.3 Å². The first-order valence-electron chi connectivity index (χ1n) is 9.72. The number of hydrogen-bond donors (Lipinski definition) is 2. The molecule has 2 amide bonds. The fraction of sp³-hybridized carbons (Fsp3) is 0.273. The van der Waals surface area contributed by atoms with Crippen LogP contribution in [0.1, 0.15) is 12.8 Å². The van der Waals surface area contributed by atoms with Crippen molar-refractivity contribution in [3.8, 4) is 11.5 Å². The van der Waals surface area contributed by atoms with Crippen molar-refractivity contribution in [3.63, 3.8) is 0 Å². The Morgan fingerprint density at radius 3 is 2.23 bits per heavy atom. The van der Waals surface area contributed by atoms with Crippen molar-refractivity contribution in [2.75, 3.05) is 42.8 Å². The molecule has 0 bridgehead atoms. The zero-order valence-electron chi connectivity index (χ0n) is 16.9. The normalized spacial score (nSPS) is 13.4. The van der Waals surface area contributed by atoms with Gasteiger partial charge in [-0.2, -0.15) is 0 Å². The van der Waals surface area contributed by atoms with E-state index in [0.717, 1.165) is 31.7 Å². The molecule has 3 aromatic rings. The van der Waals surface area contributed by atoms with Gasteiger partial charge in [-0.25, -0.2) is 14.2 Å². The second kappa shape index (κ2) is 8.44. The number of benzene rings is 2. The second-order valence-electron chi connectivity index (χ2n) is 7.07. The highest BCUT2D eigenvalue weighted by Gasteiger charge is 2.16. The van der Waals surface area contributed by atoms with Gasteiger partial charge in [0.1, 0.15) is 22.8 Å². The van der Waals surface area contributed by atoms with Crippen LogP contribution >= 0.6 is 0 Å². The molecule has 1 aromatic heterocycles. The molecule has 8 heteroatoms. The highest BCUT2D eigenvalue weighted by atomic mass is 19.1. The first-order valence-corrected chi connectivity index (χ1v) is 9.72. The van der Waals surface area contributed by atoms with Crippen LogP contribution in [0.3, 0.4) is 0 Å². The summed E-state index contributed by atoms with van der Waals surface area (Å²) >= 11 is 0. The highest BCUT2D eigenvalue weighted by molar-refractivity contribution is 6.01. The monoisotopic (exact) mass is 410 g/mol. The summed E-state index contributed by atoms with van der Waals surface area (Å²) in [5, 5.41) is 5.98. The second-order valence-corrected chi connectivity index (χ2v) is 7.07. The molecule has 1 saturated heterocycles. The molecule has 0 radical (unpaired) electrons. The van der Waals surface area contributed by atoms with Crippen LogP contribution in [0, 0.1) is 5.82 Å². The summed E-state index contributed by atoms with van der Waals surface area (Å²) in [6.45, 7) is 1.88. The van der Waals surface area contributed by atoms with Crippen molar-refractivity contribution in [1.82, 2.24) is 4.98 Å². The number of nitrogens with one attached hydrogen (secondary N) is 2. The largest absolute Gasteiger partial charge is 0.497 e. The summed E-state index contributed by atoms with van der Waals surface area (Å²) in [4.78, 5) is 19.0. The summed E-state index contributed by atoms with van der Waals surface area (Å²) in [5.74, 6) is 1.39. The van der Waals surface area contributed by atoms with Gasteiger partial charge in [-0.05, 0) is 37.1 Å². The van der Waals surface area contributed by atoms with E-state index in [4.69, 9.17) is 9.47 Å². The Hall–Kier alpha value is -3.55. The van der Waals surface area contributed by atoms with Crippen LogP contribution in [0.5, 0.6) is 11.5 Å². The Kier molecular flexibility index (Phi) is 5.56. The maximum Gasteiger partial charge on any atom is 0.323 e. The summed E-state index contributed by atoms with van der Waals surface area (Å²) in [6.07, 6.45) is 2.25. The number of urea groups is 1. The van der Waals surface area contributed by atoms with Gasteiger partial charge in [0.25, 0.3) is 0 Å². The van der Waals surface area contributed by atoms with Crippen LogP contribution in [0.15, 0.2) is 42.5 Å². The standard InChI is InChI=1S/C22H23FN4O3/c1-29-17-10-16(11-18(13-17)30-2)25-22(28)24-15-9-14-5-6-20(27-7-3-4-8-27)26-21(14)19(23)12-15/h5-6,9-13H,3-4,7-8H2,1-2H3,(H2,24,25,28). The molecule has 2 aromatic carbocycles. The Bertz CT molecular complexity index is 1060. The summed E-state index contributed by atoms with van der Waals surface area (Å²) in [6, 6.07) is 11.2. The van der Waals surface area contributed by atoms with Gasteiger partial charge in [0.2, 0.25) is 0 Å². The zero-order chi connectivity index (χ0) is 21.1. The smallest absolute Gasteiger partial charge is 0.323 e. The summed E-state index contributed by atoms with van der Waals surface area (Å²) in [7, 11) is 3.05. The molecule has 4 rings (SSSR count). The lowest BCUT2D eigenvalue weighted by atomic mass is 10.2. The molecule has 2 N–H and O–H groups in total. The van der Waals surface area contributed by atoms with E-state index in [1.807, 2.05) is 12.1 Å². The van der Waals surface area contributed by atoms with Gasteiger partial charge in [0.15, 0.2) is 5.82 Å². The van der Waals surface area contributed by atoms with Crippen LogP contribution in [-0.4, -0.2) is 38.3 Å². The number of pyridine rings is 1. The minimum absolute atomic E-state index is 0.294. The number of carbonyl (C=O) groups excluding carboxylic acids is 1. The van der Waals surface area contributed by atoms with Gasteiger partial charge in [-0.15, -0.1) is 0 Å². The number of halogens is 1. The van der Waals surface area contributed by atoms with Gasteiger partial charge in [-0.1, -0.05) is 0 Å². The van der Waals surface area contributed by atoms with Crippen LogP contribution < -0.4 is 25.0 Å². The molecule has 0 atom stereocenters. The van der Waals surface area contributed by atoms with Crippen LogP contribution in [0.4, 0.5) is 26.4 Å². The van der Waals surface area contributed by atoms with Crippen LogP contribution in [0.2, 0.25) is 0 Å². The molecule has 1 fully saturated rings. The van der Waals surface area contributed by atoms with Crippen molar-refractivity contribution in [2.45, 2.75) is 12.8 Å². The van der Waals surface area contributed by atoms with Crippen molar-refractivity contribution in [2.24, 2.45) is 0 Å². The third-order valence-electron chi connectivity index (χ3n) is 5.03. The number of ether oxygens (including phenoxy) is 2. The number of aromatic nitrogens is 1. The highest BCUT2D eigenvalue weighted by Crippen LogP contribution is 2.28. The fourth-order valence-electron chi connectivity index (χ4n) is 3.55. The molecule has 0 saturated carbocycles. The number of amides is 2. The van der Waals surface area contributed by atoms with Gasteiger partial charge in [0, 0.05) is 48.0 Å². The van der Waals surface area contributed by atoms with Gasteiger partial charge in [-0.3, -0.25) is 0 Å². The minimum Gasteiger partial charge on any atom is -0.497 e. The Balaban J connectivity index is 1.52. The van der Waals surface area contributed by atoms with Crippen molar-refractivity contribution in [3.05, 3.63) is 48.3 Å². The third-order valence-corrected chi connectivity index (χ3v) is 5.03. The fourth-order valence-corrected chi connectivity index (χ4v) is 3.55. The molecule has 2 heterocycles. The first kappa shape index (κ1) is 19.8. The quantitative estimate of drug-likeness (QED) is 0.641. The Morgan fingerprint density at radius 1 is 0.967 bits per heavy atom. The van der Waals surface area contributed by atoms with E-state index in [-0.39, 0.29) is 0 Å². The van der Waals surface area contributed by atoms with Crippen molar-refractivity contribution >= 4 is 34.1 Å². The zero-order valence-corrected chi connectivity index (χ0v) is 16.9. The average molecular weight is 410 g/mol. The van der Waals surface area contributed by atoms with Crippen molar-refractivity contribution in [1.29, 1.82) is 0 Å². The number of rotatable bonds is 5. The molecule has 7 nitrogen and oxygen atoms in total. The molecule has 1 aliphatic rings. The lowest BCUT2D eigenvalue weighted by Gasteiger charge is -2.17. The number of methoxy groups -OCH3 is 2. The first-order chi connectivity index (χ1) is 14.6. The molecular formula is C22H23FN4O3. The van der Waals surface area contributed by atoms with E-state index in [0.29, 0.717) is 33.8 Å². The average Bonchev–Trinajstić information content (AvgIpc) is 3.28. The molecule has 0 spiro atoms. The summed E-state index contributed by atoms with van der Waals surface area (Å²) < 4.78 is 25.1. The van der Waals surface area contributed by atoms with Crippen LogP contribution in [-0.2, 0) is 0 Å². The molecule has 1 aliphatic heterocycles. The maximum atomic E-state index is 14.7. The van der Waals surface area contributed by atoms with E-state index in [9.17, 15) is 9.18 Å². The number of carbonyl (C=O) groups is 1. The lowest BCUT2D eigenvalue weighted by molar-refractivity contribution is 0.262. The number of hydrogen-bond acceptors (Lipinski definition) is 5. The van der Waals surface area contributed by atoms with E-state index < -0.39 is 11.8 Å². The van der Waals surface area contributed by atoms with E-state index in [2.05, 4.69) is 20.5 Å². The topological polar surface area (TPSA) is 75.7 Å². The number of anilines is 3. The predicted molar refractivity (Wildman–Crippen MR) is 115 cm³/mol. The van der Waals surface area contributed by atoms with E-state index >= 15 is 0 Å². The Morgan fingerprint density at radius 2 is 1.60 bits per heavy atom. The number of fused-ring (bicyclic) bond motifs is 1. The number of nitrogens with zero attached hydrogens (tertiary/aromatic N) is 2. The van der Waals surface area contributed by atoms with E-state index in [1.54, 1.807) is 24.3 Å². The molecular weight excluding hydrogens is 387 g/mol. The predicted octanol–water partition coefficient (Wildman–Crippen LogP) is 4.64. The molecule has 30 heavy (non-hydrogen) atoms. The van der Waals surface area contributed by atoms with Crippen molar-refractivity contribution < 1.29 is 18.7 Å². The minimum atomic E-state index is -0.509. The SMILES string of the molecule is COc1cc(NC(=O)Nc2cc(F)c3nc(N4CCCC4)ccc3c2)cc(OC)c1. The van der Waals surface area contributed by atoms with Gasteiger partial charge >= 0.3 is 6.03 Å². The van der Waals surface area contributed by atoms with Crippen LogP contribution in [0.25, 0.3) is 10.9 Å². The molecule has 0 unspecified atom stereocenters. The third kappa shape index (κ3) is 4.22. The van der Waals surface area contributed by atoms with Gasteiger partial charge in [0.05, 0.1) is 14.2 Å². The van der Waals surface area contributed by atoms with Gasteiger partial charge < -0.3 is 25.0 Å². The lowest BCUT2D eigenvalue weighted by Crippen LogP contribution is -2.20.